The highest BCUT2D eigenvalue weighted by Gasteiger charge is 2.37. The van der Waals surface area contributed by atoms with Crippen molar-refractivity contribution >= 4 is 15.9 Å². The van der Waals surface area contributed by atoms with E-state index in [1.165, 1.54) is 6.08 Å². The van der Waals surface area contributed by atoms with Gasteiger partial charge in [-0.05, 0) is 19.9 Å². The molecule has 0 radical (unpaired) electrons. The SMILES string of the molecule is CC1(C)COC2=C(F)C=C(Br)CC2O1. The zero-order chi connectivity index (χ0) is 10.3. The lowest BCUT2D eigenvalue weighted by Crippen LogP contribution is -2.42. The maximum absolute atomic E-state index is 13.4. The second kappa shape index (κ2) is 3.35. The van der Waals surface area contributed by atoms with Crippen LogP contribution in [0.4, 0.5) is 4.39 Å². The van der Waals surface area contributed by atoms with Gasteiger partial charge >= 0.3 is 0 Å². The molecule has 1 fully saturated rings. The molecule has 1 saturated heterocycles. The fourth-order valence-electron chi connectivity index (χ4n) is 1.62. The Labute approximate surface area is 90.9 Å². The van der Waals surface area contributed by atoms with Gasteiger partial charge in [0, 0.05) is 10.9 Å². The van der Waals surface area contributed by atoms with Crippen LogP contribution in [0.3, 0.4) is 0 Å². The van der Waals surface area contributed by atoms with Crippen molar-refractivity contribution < 1.29 is 13.9 Å². The number of allylic oxidation sites excluding steroid dienone is 2. The van der Waals surface area contributed by atoms with E-state index in [0.717, 1.165) is 4.48 Å². The molecule has 0 bridgehead atoms. The van der Waals surface area contributed by atoms with Gasteiger partial charge in [-0.25, -0.2) is 4.39 Å². The van der Waals surface area contributed by atoms with Crippen molar-refractivity contribution in [3.63, 3.8) is 0 Å². The van der Waals surface area contributed by atoms with Gasteiger partial charge in [0.05, 0.1) is 5.60 Å². The Morgan fingerprint density at radius 3 is 3.00 bits per heavy atom. The fraction of sp³-hybridized carbons (Fsp3) is 0.600. The van der Waals surface area contributed by atoms with E-state index in [9.17, 15) is 4.39 Å². The lowest BCUT2D eigenvalue weighted by Gasteiger charge is -2.38. The predicted octanol–water partition coefficient (Wildman–Crippen LogP) is 3.04. The zero-order valence-corrected chi connectivity index (χ0v) is 9.73. The maximum atomic E-state index is 13.4. The maximum Gasteiger partial charge on any atom is 0.164 e. The number of hydrogen-bond donors (Lipinski definition) is 0. The van der Waals surface area contributed by atoms with Crippen molar-refractivity contribution in [3.05, 3.63) is 22.1 Å². The molecule has 78 valence electrons. The average Bonchev–Trinajstić information content (AvgIpc) is 2.00. The molecule has 0 aromatic rings. The van der Waals surface area contributed by atoms with E-state index < -0.39 is 0 Å². The average molecular weight is 263 g/mol. The van der Waals surface area contributed by atoms with Crippen LogP contribution in [0.25, 0.3) is 0 Å². The first kappa shape index (κ1) is 10.2. The van der Waals surface area contributed by atoms with Crippen molar-refractivity contribution in [2.45, 2.75) is 32.0 Å². The first-order valence-electron chi connectivity index (χ1n) is 4.54. The molecule has 0 aromatic carbocycles. The molecule has 0 aromatic heterocycles. The summed E-state index contributed by atoms with van der Waals surface area (Å²) in [6.45, 7) is 4.28. The van der Waals surface area contributed by atoms with E-state index in [-0.39, 0.29) is 17.5 Å². The monoisotopic (exact) mass is 262 g/mol. The molecule has 1 unspecified atom stereocenters. The molecule has 1 heterocycles. The number of ether oxygens (including phenoxy) is 2. The number of hydrogen-bond acceptors (Lipinski definition) is 2. The van der Waals surface area contributed by atoms with Gasteiger partial charge in [0.25, 0.3) is 0 Å². The van der Waals surface area contributed by atoms with Crippen LogP contribution >= 0.6 is 15.9 Å². The molecule has 0 saturated carbocycles. The van der Waals surface area contributed by atoms with Crippen molar-refractivity contribution in [1.82, 2.24) is 0 Å². The van der Waals surface area contributed by atoms with Gasteiger partial charge in [0.2, 0.25) is 0 Å². The van der Waals surface area contributed by atoms with E-state index >= 15 is 0 Å². The van der Waals surface area contributed by atoms with E-state index in [4.69, 9.17) is 9.47 Å². The minimum atomic E-state index is -0.334. The Kier molecular flexibility index (Phi) is 2.43. The smallest absolute Gasteiger partial charge is 0.164 e. The van der Waals surface area contributed by atoms with E-state index in [1.807, 2.05) is 13.8 Å². The second-order valence-electron chi connectivity index (χ2n) is 4.16. The van der Waals surface area contributed by atoms with Crippen LogP contribution in [0.15, 0.2) is 22.1 Å². The van der Waals surface area contributed by atoms with E-state index in [1.54, 1.807) is 0 Å². The summed E-state index contributed by atoms with van der Waals surface area (Å²) in [6, 6.07) is 0. The quantitative estimate of drug-likeness (QED) is 0.668. The molecule has 1 aliphatic heterocycles. The minimum Gasteiger partial charge on any atom is -0.489 e. The van der Waals surface area contributed by atoms with Crippen molar-refractivity contribution in [1.29, 1.82) is 0 Å². The third-order valence-electron chi connectivity index (χ3n) is 2.23. The van der Waals surface area contributed by atoms with Crippen molar-refractivity contribution in [3.8, 4) is 0 Å². The summed E-state index contributed by atoms with van der Waals surface area (Å²) < 4.78 is 25.3. The summed E-state index contributed by atoms with van der Waals surface area (Å²) >= 11 is 3.28. The topological polar surface area (TPSA) is 18.5 Å². The molecule has 2 rings (SSSR count). The van der Waals surface area contributed by atoms with Gasteiger partial charge in [-0.3, -0.25) is 0 Å². The summed E-state index contributed by atoms with van der Waals surface area (Å²) in [4.78, 5) is 0. The van der Waals surface area contributed by atoms with Gasteiger partial charge in [-0.15, -0.1) is 0 Å². The zero-order valence-electron chi connectivity index (χ0n) is 8.14. The normalized spacial score (nSPS) is 30.6. The summed E-state index contributed by atoms with van der Waals surface area (Å²) in [5.41, 5.74) is -0.334. The van der Waals surface area contributed by atoms with Crippen LogP contribution < -0.4 is 0 Å². The van der Waals surface area contributed by atoms with E-state index in [2.05, 4.69) is 15.9 Å². The lowest BCUT2D eigenvalue weighted by atomic mass is 10.0. The van der Waals surface area contributed by atoms with Crippen LogP contribution in [0.2, 0.25) is 0 Å². The third-order valence-corrected chi connectivity index (χ3v) is 2.78. The molecule has 14 heavy (non-hydrogen) atoms. The Hall–Kier alpha value is -0.350. The molecule has 0 N–H and O–H groups in total. The summed E-state index contributed by atoms with van der Waals surface area (Å²) in [5, 5.41) is 0. The van der Waals surface area contributed by atoms with Crippen LogP contribution in [0, 0.1) is 0 Å². The molecule has 2 aliphatic rings. The van der Waals surface area contributed by atoms with Crippen molar-refractivity contribution in [2.24, 2.45) is 0 Å². The Morgan fingerprint density at radius 1 is 1.57 bits per heavy atom. The molecule has 4 heteroatoms. The van der Waals surface area contributed by atoms with Gasteiger partial charge in [0.1, 0.15) is 12.7 Å². The highest BCUT2D eigenvalue weighted by Crippen LogP contribution is 2.36. The van der Waals surface area contributed by atoms with Crippen LogP contribution in [-0.2, 0) is 9.47 Å². The number of halogens is 2. The van der Waals surface area contributed by atoms with Crippen LogP contribution in [0.5, 0.6) is 0 Å². The molecule has 1 aliphatic carbocycles. The highest BCUT2D eigenvalue weighted by molar-refractivity contribution is 9.11. The molecule has 0 amide bonds. The summed E-state index contributed by atoms with van der Waals surface area (Å²) in [5.74, 6) is 0.0103. The third kappa shape index (κ3) is 1.86. The Balaban J connectivity index is 2.26. The van der Waals surface area contributed by atoms with Crippen LogP contribution in [0.1, 0.15) is 20.3 Å². The van der Waals surface area contributed by atoms with Crippen molar-refractivity contribution in [2.75, 3.05) is 6.61 Å². The largest absolute Gasteiger partial charge is 0.489 e. The first-order chi connectivity index (χ1) is 6.48. The molecule has 1 atom stereocenters. The number of rotatable bonds is 0. The second-order valence-corrected chi connectivity index (χ2v) is 5.18. The number of fused-ring (bicyclic) bond motifs is 1. The van der Waals surface area contributed by atoms with E-state index in [0.29, 0.717) is 18.8 Å². The Morgan fingerprint density at radius 2 is 2.29 bits per heavy atom. The van der Waals surface area contributed by atoms with Gasteiger partial charge in [0.15, 0.2) is 11.6 Å². The summed E-state index contributed by atoms with van der Waals surface area (Å²) in [7, 11) is 0. The molecular weight excluding hydrogens is 251 g/mol. The minimum absolute atomic E-state index is 0.280. The highest BCUT2D eigenvalue weighted by atomic mass is 79.9. The fourth-order valence-corrected chi connectivity index (χ4v) is 2.11. The van der Waals surface area contributed by atoms with Gasteiger partial charge in [-0.2, -0.15) is 0 Å². The van der Waals surface area contributed by atoms with Gasteiger partial charge < -0.3 is 9.47 Å². The Bertz CT molecular complexity index is 320. The first-order valence-corrected chi connectivity index (χ1v) is 5.33. The lowest BCUT2D eigenvalue weighted by molar-refractivity contribution is -0.150. The standard InChI is InChI=1S/C10H12BrFO2/c1-10(2)5-13-9-7(12)3-6(11)4-8(9)14-10/h3,8H,4-5H2,1-2H3. The predicted molar refractivity (Wildman–Crippen MR) is 54.7 cm³/mol. The summed E-state index contributed by atoms with van der Waals surface area (Å²) in [6.07, 6.45) is 1.80. The molecule has 2 nitrogen and oxygen atoms in total. The van der Waals surface area contributed by atoms with Crippen LogP contribution in [-0.4, -0.2) is 18.3 Å². The molecular formula is C10H12BrFO2. The van der Waals surface area contributed by atoms with Gasteiger partial charge in [-0.1, -0.05) is 15.9 Å². The molecule has 0 spiro atoms.